The molecule has 0 aromatic heterocycles. The number of nitrogens with zero attached hydrogens (tertiary/aromatic N) is 3. The SMILES string of the molecule is CCNC(=NCc1ccc(C(=O)N(C)C)cc1)NCC(C(C)C)N1CCCC1.I. The highest BCUT2D eigenvalue weighted by atomic mass is 127. The number of guanidine groups is 1. The molecule has 1 unspecified atom stereocenters. The minimum Gasteiger partial charge on any atom is -0.357 e. The molecule has 1 saturated heterocycles. The second-order valence-corrected chi connectivity index (χ2v) is 8.03. The lowest BCUT2D eigenvalue weighted by molar-refractivity contribution is 0.0827. The lowest BCUT2D eigenvalue weighted by Gasteiger charge is -2.31. The summed E-state index contributed by atoms with van der Waals surface area (Å²) in [6.07, 6.45) is 2.62. The van der Waals surface area contributed by atoms with Crippen molar-refractivity contribution in [3.8, 4) is 0 Å². The molecule has 1 aliphatic rings. The number of aliphatic imine (C=N–C) groups is 1. The van der Waals surface area contributed by atoms with Crippen molar-refractivity contribution in [1.29, 1.82) is 0 Å². The van der Waals surface area contributed by atoms with Gasteiger partial charge in [0.05, 0.1) is 6.54 Å². The van der Waals surface area contributed by atoms with E-state index in [0.29, 0.717) is 24.1 Å². The van der Waals surface area contributed by atoms with Crippen molar-refractivity contribution in [2.75, 3.05) is 40.3 Å². The van der Waals surface area contributed by atoms with Crippen LogP contribution in [0.15, 0.2) is 29.3 Å². The van der Waals surface area contributed by atoms with Gasteiger partial charge in [-0.1, -0.05) is 26.0 Å². The van der Waals surface area contributed by atoms with Gasteiger partial charge in [-0.05, 0) is 56.5 Å². The molecule has 2 rings (SSSR count). The van der Waals surface area contributed by atoms with E-state index in [2.05, 4.69) is 36.3 Å². The Morgan fingerprint density at radius 3 is 2.28 bits per heavy atom. The highest BCUT2D eigenvalue weighted by Gasteiger charge is 2.24. The molecule has 1 heterocycles. The topological polar surface area (TPSA) is 60.0 Å². The zero-order chi connectivity index (χ0) is 20.5. The third kappa shape index (κ3) is 8.12. The van der Waals surface area contributed by atoms with E-state index in [1.54, 1.807) is 19.0 Å². The van der Waals surface area contributed by atoms with Crippen LogP contribution in [0.2, 0.25) is 0 Å². The quantitative estimate of drug-likeness (QED) is 0.317. The molecule has 1 fully saturated rings. The lowest BCUT2D eigenvalue weighted by atomic mass is 10.0. The molecule has 1 atom stereocenters. The molecule has 164 valence electrons. The first-order valence-electron chi connectivity index (χ1n) is 10.5. The van der Waals surface area contributed by atoms with Crippen LogP contribution in [0.25, 0.3) is 0 Å². The molecule has 7 heteroatoms. The van der Waals surface area contributed by atoms with E-state index in [1.165, 1.54) is 25.9 Å². The van der Waals surface area contributed by atoms with Crippen molar-refractivity contribution < 1.29 is 4.79 Å². The van der Waals surface area contributed by atoms with Crippen LogP contribution in [-0.4, -0.2) is 68.0 Å². The van der Waals surface area contributed by atoms with Crippen molar-refractivity contribution in [2.45, 2.75) is 46.2 Å². The first kappa shape index (κ1) is 25.7. The summed E-state index contributed by atoms with van der Waals surface area (Å²) < 4.78 is 0. The van der Waals surface area contributed by atoms with Gasteiger partial charge in [-0.15, -0.1) is 24.0 Å². The van der Waals surface area contributed by atoms with Crippen LogP contribution in [0.4, 0.5) is 0 Å². The maximum Gasteiger partial charge on any atom is 0.253 e. The van der Waals surface area contributed by atoms with E-state index in [0.717, 1.165) is 24.6 Å². The van der Waals surface area contributed by atoms with Gasteiger partial charge in [0.15, 0.2) is 5.96 Å². The Balaban J connectivity index is 0.00000420. The van der Waals surface area contributed by atoms with E-state index in [-0.39, 0.29) is 29.9 Å². The summed E-state index contributed by atoms with van der Waals surface area (Å²) in [6.45, 7) is 11.4. The Kier molecular flexibility index (Phi) is 11.6. The fourth-order valence-corrected chi connectivity index (χ4v) is 3.58. The van der Waals surface area contributed by atoms with Gasteiger partial charge in [-0.2, -0.15) is 0 Å². The second-order valence-electron chi connectivity index (χ2n) is 8.03. The van der Waals surface area contributed by atoms with Crippen LogP contribution in [0, 0.1) is 5.92 Å². The van der Waals surface area contributed by atoms with Gasteiger partial charge < -0.3 is 15.5 Å². The average Bonchev–Trinajstić information content (AvgIpc) is 3.20. The van der Waals surface area contributed by atoms with Crippen LogP contribution < -0.4 is 10.6 Å². The number of carbonyl (C=O) groups excluding carboxylic acids is 1. The van der Waals surface area contributed by atoms with Gasteiger partial charge in [0.25, 0.3) is 5.91 Å². The zero-order valence-electron chi connectivity index (χ0n) is 18.6. The number of amides is 1. The minimum absolute atomic E-state index is 0. The molecule has 0 bridgehead atoms. The average molecular weight is 515 g/mol. The molecule has 6 nitrogen and oxygen atoms in total. The molecule has 1 aromatic rings. The molecule has 0 aliphatic carbocycles. The fraction of sp³-hybridized carbons (Fsp3) is 0.636. The number of hydrogen-bond acceptors (Lipinski definition) is 3. The molecular formula is C22H38IN5O. The second kappa shape index (κ2) is 13.1. The maximum absolute atomic E-state index is 12.0. The smallest absolute Gasteiger partial charge is 0.253 e. The summed E-state index contributed by atoms with van der Waals surface area (Å²) in [7, 11) is 3.53. The number of benzene rings is 1. The van der Waals surface area contributed by atoms with Gasteiger partial charge in [-0.3, -0.25) is 9.69 Å². The van der Waals surface area contributed by atoms with Crippen LogP contribution in [-0.2, 0) is 6.54 Å². The van der Waals surface area contributed by atoms with Crippen molar-refractivity contribution in [1.82, 2.24) is 20.4 Å². The molecule has 0 spiro atoms. The summed E-state index contributed by atoms with van der Waals surface area (Å²) >= 11 is 0. The molecule has 0 radical (unpaired) electrons. The molecule has 0 saturated carbocycles. The predicted octanol–water partition coefficient (Wildman–Crippen LogP) is 3.18. The van der Waals surface area contributed by atoms with Gasteiger partial charge >= 0.3 is 0 Å². The third-order valence-electron chi connectivity index (χ3n) is 5.23. The molecule has 29 heavy (non-hydrogen) atoms. The highest BCUT2D eigenvalue weighted by Crippen LogP contribution is 2.17. The summed E-state index contributed by atoms with van der Waals surface area (Å²) in [5.41, 5.74) is 1.79. The number of rotatable bonds is 8. The monoisotopic (exact) mass is 515 g/mol. The normalized spacial score (nSPS) is 15.7. The molecular weight excluding hydrogens is 477 g/mol. The maximum atomic E-state index is 12.0. The Bertz CT molecular complexity index is 639. The summed E-state index contributed by atoms with van der Waals surface area (Å²) in [5, 5.41) is 6.87. The van der Waals surface area contributed by atoms with E-state index in [4.69, 9.17) is 4.99 Å². The fourth-order valence-electron chi connectivity index (χ4n) is 3.58. The number of likely N-dealkylation sites (tertiary alicyclic amines) is 1. The van der Waals surface area contributed by atoms with Crippen LogP contribution in [0.3, 0.4) is 0 Å². The van der Waals surface area contributed by atoms with Crippen molar-refractivity contribution in [2.24, 2.45) is 10.9 Å². The van der Waals surface area contributed by atoms with E-state index < -0.39 is 0 Å². The summed E-state index contributed by atoms with van der Waals surface area (Å²) in [4.78, 5) is 20.9. The Hall–Kier alpha value is -1.35. The van der Waals surface area contributed by atoms with Gasteiger partial charge in [0, 0.05) is 38.8 Å². The minimum atomic E-state index is 0. The first-order chi connectivity index (χ1) is 13.4. The largest absolute Gasteiger partial charge is 0.357 e. The zero-order valence-corrected chi connectivity index (χ0v) is 20.9. The lowest BCUT2D eigenvalue weighted by Crippen LogP contribution is -2.48. The molecule has 1 aliphatic heterocycles. The van der Waals surface area contributed by atoms with Crippen molar-refractivity contribution in [3.05, 3.63) is 35.4 Å². The van der Waals surface area contributed by atoms with Gasteiger partial charge in [0.1, 0.15) is 0 Å². The number of carbonyl (C=O) groups is 1. The Morgan fingerprint density at radius 1 is 1.14 bits per heavy atom. The van der Waals surface area contributed by atoms with Crippen molar-refractivity contribution >= 4 is 35.8 Å². The summed E-state index contributed by atoms with van der Waals surface area (Å²) in [5.74, 6) is 1.47. The molecule has 1 amide bonds. The highest BCUT2D eigenvalue weighted by molar-refractivity contribution is 14.0. The van der Waals surface area contributed by atoms with Gasteiger partial charge in [0.2, 0.25) is 0 Å². The van der Waals surface area contributed by atoms with Gasteiger partial charge in [-0.25, -0.2) is 4.99 Å². The van der Waals surface area contributed by atoms with Crippen LogP contribution in [0.5, 0.6) is 0 Å². The Labute approximate surface area is 193 Å². The number of halogens is 1. The van der Waals surface area contributed by atoms with E-state index in [1.807, 2.05) is 24.3 Å². The Morgan fingerprint density at radius 2 is 1.76 bits per heavy atom. The van der Waals surface area contributed by atoms with E-state index in [9.17, 15) is 4.79 Å². The first-order valence-corrected chi connectivity index (χ1v) is 10.5. The number of hydrogen-bond donors (Lipinski definition) is 2. The number of nitrogens with one attached hydrogen (secondary N) is 2. The van der Waals surface area contributed by atoms with Crippen molar-refractivity contribution in [3.63, 3.8) is 0 Å². The molecule has 1 aromatic carbocycles. The molecule has 2 N–H and O–H groups in total. The van der Waals surface area contributed by atoms with Crippen LogP contribution >= 0.6 is 24.0 Å². The van der Waals surface area contributed by atoms with E-state index >= 15 is 0 Å². The summed E-state index contributed by atoms with van der Waals surface area (Å²) in [6, 6.07) is 8.23. The predicted molar refractivity (Wildman–Crippen MR) is 132 cm³/mol. The third-order valence-corrected chi connectivity index (χ3v) is 5.23. The standard InChI is InChI=1S/C22H37N5O.HI/c1-6-23-22(25-16-20(17(2)3)27-13-7-8-14-27)24-15-18-9-11-19(12-10-18)21(28)26(4)5;/h9-12,17,20H,6-8,13-16H2,1-5H3,(H2,23,24,25);1H. The van der Waals surface area contributed by atoms with Crippen LogP contribution in [0.1, 0.15) is 49.5 Å².